The summed E-state index contributed by atoms with van der Waals surface area (Å²) in [5.41, 5.74) is 0.735. The number of carbonyl (C=O) groups is 1. The van der Waals surface area contributed by atoms with Gasteiger partial charge in [-0.3, -0.25) is 14.1 Å². The van der Waals surface area contributed by atoms with Gasteiger partial charge in [0.1, 0.15) is 17.6 Å². The van der Waals surface area contributed by atoms with Crippen molar-refractivity contribution in [3.8, 4) is 17.2 Å². The zero-order chi connectivity index (χ0) is 29.5. The number of aromatic nitrogens is 4. The van der Waals surface area contributed by atoms with Crippen molar-refractivity contribution in [3.05, 3.63) is 52.9 Å². The first-order valence-corrected chi connectivity index (χ1v) is 14.6. The highest BCUT2D eigenvalue weighted by atomic mass is 31.2. The van der Waals surface area contributed by atoms with Crippen molar-refractivity contribution in [2.75, 3.05) is 13.4 Å². The van der Waals surface area contributed by atoms with Crippen LogP contribution in [0.5, 0.6) is 17.2 Å². The van der Waals surface area contributed by atoms with E-state index in [0.29, 0.717) is 28.5 Å². The van der Waals surface area contributed by atoms with Gasteiger partial charge in [0.05, 0.1) is 31.2 Å². The van der Waals surface area contributed by atoms with Gasteiger partial charge in [-0.2, -0.15) is 5.09 Å². The fourth-order valence-electron chi connectivity index (χ4n) is 4.78. The van der Waals surface area contributed by atoms with Gasteiger partial charge in [0.2, 0.25) is 6.79 Å². The van der Waals surface area contributed by atoms with Crippen molar-refractivity contribution in [1.82, 2.24) is 24.6 Å². The Morgan fingerprint density at radius 2 is 2.07 bits per heavy atom. The van der Waals surface area contributed by atoms with Crippen LogP contribution in [0.1, 0.15) is 39.1 Å². The smallest absolute Gasteiger partial charge is 0.459 e. The number of hydrogen-bond acceptors (Lipinski definition) is 11. The second kappa shape index (κ2) is 11.3. The largest absolute Gasteiger partial charge is 0.462 e. The third-order valence-electron chi connectivity index (χ3n) is 6.77. The molecule has 1 aliphatic heterocycles. The minimum atomic E-state index is -4.23. The number of esters is 1. The van der Waals surface area contributed by atoms with Crippen LogP contribution < -0.4 is 24.6 Å². The summed E-state index contributed by atoms with van der Waals surface area (Å²) in [7, 11) is -4.23. The molecule has 0 unspecified atom stereocenters. The molecule has 5 atom stereocenters. The molecule has 14 nitrogen and oxygen atoms in total. The number of aryl methyl sites for hydroxylation is 1. The number of fused-ring (bicyclic) bond motifs is 2. The van der Waals surface area contributed by atoms with Crippen LogP contribution >= 0.6 is 7.75 Å². The number of carbonyl (C=O) groups excluding carboxylic acids is 1. The molecule has 0 bridgehead atoms. The monoisotopic (exact) mass is 589 g/mol. The van der Waals surface area contributed by atoms with E-state index in [1.807, 2.05) is 0 Å². The molecule has 1 saturated carbocycles. The number of ether oxygens (including phenoxy) is 3. The first-order chi connectivity index (χ1) is 19.4. The summed E-state index contributed by atoms with van der Waals surface area (Å²) in [5, 5.41) is 13.6. The van der Waals surface area contributed by atoms with Crippen LogP contribution in [-0.4, -0.2) is 62.2 Å². The summed E-state index contributed by atoms with van der Waals surface area (Å²) < 4.78 is 43.2. The number of benzene rings is 1. The van der Waals surface area contributed by atoms with Crippen LogP contribution in [0.3, 0.4) is 0 Å². The average molecular weight is 590 g/mol. The molecule has 41 heavy (non-hydrogen) atoms. The van der Waals surface area contributed by atoms with Crippen LogP contribution in [-0.2, 0) is 18.6 Å². The molecule has 3 heterocycles. The average Bonchev–Trinajstić information content (AvgIpc) is 3.59. The number of rotatable bonds is 10. The molecule has 15 heteroatoms. The quantitative estimate of drug-likeness (QED) is 0.179. The van der Waals surface area contributed by atoms with E-state index in [1.54, 1.807) is 31.4 Å². The van der Waals surface area contributed by atoms with Crippen LogP contribution in [0.4, 0.5) is 0 Å². The molecular weight excluding hydrogens is 557 g/mol. The normalized spacial score (nSPS) is 22.2. The number of nitrogens with one attached hydrogen (secondary N) is 2. The van der Waals surface area contributed by atoms with Crippen molar-refractivity contribution < 1.29 is 37.7 Å². The lowest BCUT2D eigenvalue weighted by Gasteiger charge is -2.25. The standard InChI is InChI=1S/C26H32N5O9P/c1-13(2)39-26(34)15(4)30-41(35,40-17-6-7-21-22(8-17)37-12-36-21)38-10-18-14(3)19(9-20(18)32)31-11-27-23-24(31)28-16(5)29-25(23)33/h6-8,11,13,15,18-20,32H,3,9-10,12H2,1-2,4-5H3,(H,30,35)(H,28,29,33)/t15-,18-,19-,20-,41-/m0/s1. The van der Waals surface area contributed by atoms with E-state index in [0.717, 1.165) is 0 Å². The molecule has 2 aromatic heterocycles. The Labute approximate surface area is 235 Å². The van der Waals surface area contributed by atoms with Crippen molar-refractivity contribution in [2.45, 2.75) is 58.4 Å². The van der Waals surface area contributed by atoms with Crippen LogP contribution in [0, 0.1) is 12.8 Å². The summed E-state index contributed by atoms with van der Waals surface area (Å²) in [5.74, 6) is 0.173. The van der Waals surface area contributed by atoms with Gasteiger partial charge in [0.15, 0.2) is 22.7 Å². The van der Waals surface area contributed by atoms with Crippen LogP contribution in [0.15, 0.2) is 41.5 Å². The van der Waals surface area contributed by atoms with Crippen LogP contribution in [0.2, 0.25) is 0 Å². The minimum absolute atomic E-state index is 0.0434. The van der Waals surface area contributed by atoms with E-state index >= 15 is 0 Å². The molecule has 0 spiro atoms. The molecular formula is C26H32N5O9P. The van der Waals surface area contributed by atoms with E-state index in [1.165, 1.54) is 25.4 Å². The number of H-pyrrole nitrogens is 1. The van der Waals surface area contributed by atoms with Crippen molar-refractivity contribution in [3.63, 3.8) is 0 Å². The zero-order valence-corrected chi connectivity index (χ0v) is 23.9. The first-order valence-electron chi connectivity index (χ1n) is 13.1. The topological polar surface area (TPSA) is 176 Å². The lowest BCUT2D eigenvalue weighted by atomic mass is 10.0. The summed E-state index contributed by atoms with van der Waals surface area (Å²) in [4.78, 5) is 36.0. The van der Waals surface area contributed by atoms with Gasteiger partial charge in [-0.05, 0) is 51.8 Å². The summed E-state index contributed by atoms with van der Waals surface area (Å²) in [6, 6.07) is 3.13. The highest BCUT2D eigenvalue weighted by Crippen LogP contribution is 2.49. The van der Waals surface area contributed by atoms with Gasteiger partial charge in [0.25, 0.3) is 5.56 Å². The maximum absolute atomic E-state index is 14.0. The predicted molar refractivity (Wildman–Crippen MR) is 146 cm³/mol. The number of nitrogens with zero attached hydrogens (tertiary/aromatic N) is 3. The highest BCUT2D eigenvalue weighted by molar-refractivity contribution is 7.52. The molecule has 1 aliphatic carbocycles. The molecule has 1 fully saturated rings. The van der Waals surface area contributed by atoms with Gasteiger partial charge in [-0.15, -0.1) is 0 Å². The second-order valence-electron chi connectivity index (χ2n) is 10.2. The third-order valence-corrected chi connectivity index (χ3v) is 8.41. The number of hydrogen-bond donors (Lipinski definition) is 3. The van der Waals surface area contributed by atoms with Gasteiger partial charge >= 0.3 is 13.7 Å². The zero-order valence-electron chi connectivity index (χ0n) is 23.0. The third kappa shape index (κ3) is 6.01. The molecule has 3 N–H and O–H groups in total. The van der Waals surface area contributed by atoms with Gasteiger partial charge in [-0.1, -0.05) is 6.58 Å². The Morgan fingerprint density at radius 3 is 2.83 bits per heavy atom. The van der Waals surface area contributed by atoms with E-state index < -0.39 is 37.8 Å². The lowest BCUT2D eigenvalue weighted by Crippen LogP contribution is -2.36. The van der Waals surface area contributed by atoms with Gasteiger partial charge in [-0.25, -0.2) is 14.5 Å². The maximum atomic E-state index is 14.0. The number of aromatic amines is 1. The summed E-state index contributed by atoms with van der Waals surface area (Å²) in [6.45, 7) is 10.5. The van der Waals surface area contributed by atoms with E-state index in [4.69, 9.17) is 23.3 Å². The lowest BCUT2D eigenvalue weighted by molar-refractivity contribution is -0.149. The molecule has 0 radical (unpaired) electrons. The first kappa shape index (κ1) is 28.8. The van der Waals surface area contributed by atoms with E-state index in [2.05, 4.69) is 26.6 Å². The minimum Gasteiger partial charge on any atom is -0.462 e. The predicted octanol–water partition coefficient (Wildman–Crippen LogP) is 2.77. The molecule has 5 rings (SSSR count). The Balaban J connectivity index is 1.36. The maximum Gasteiger partial charge on any atom is 0.459 e. The Hall–Kier alpha value is -3.71. The number of aliphatic hydroxyl groups excluding tert-OH is 1. The van der Waals surface area contributed by atoms with Crippen molar-refractivity contribution >= 4 is 24.9 Å². The van der Waals surface area contributed by atoms with Gasteiger partial charge < -0.3 is 33.4 Å². The number of aliphatic hydroxyl groups is 1. The van der Waals surface area contributed by atoms with Crippen LogP contribution in [0.25, 0.3) is 11.2 Å². The summed E-state index contributed by atoms with van der Waals surface area (Å²) in [6.07, 6.45) is 0.415. The van der Waals surface area contributed by atoms with Crippen molar-refractivity contribution in [2.24, 2.45) is 5.92 Å². The second-order valence-corrected chi connectivity index (χ2v) is 11.9. The Kier molecular flexibility index (Phi) is 7.93. The van der Waals surface area contributed by atoms with E-state index in [-0.39, 0.29) is 42.8 Å². The molecule has 220 valence electrons. The molecule has 2 aliphatic rings. The Morgan fingerprint density at radius 1 is 1.32 bits per heavy atom. The van der Waals surface area contributed by atoms with E-state index in [9.17, 15) is 19.3 Å². The van der Waals surface area contributed by atoms with Gasteiger partial charge in [0, 0.05) is 12.0 Å². The summed E-state index contributed by atoms with van der Waals surface area (Å²) >= 11 is 0. The molecule has 3 aromatic rings. The molecule has 0 saturated heterocycles. The Bertz CT molecular complexity index is 1590. The molecule has 0 amide bonds. The molecule has 1 aromatic carbocycles. The fraction of sp³-hybridized carbons (Fsp3) is 0.462. The fourth-order valence-corrected chi connectivity index (χ4v) is 6.29. The van der Waals surface area contributed by atoms with Crippen molar-refractivity contribution in [1.29, 1.82) is 0 Å². The number of imidazole rings is 1. The highest BCUT2D eigenvalue weighted by Gasteiger charge is 2.41. The SMILES string of the molecule is C=C1[C@H](CO[P@@](=O)(N[C@@H](C)C(=O)OC(C)C)Oc2ccc3c(c2)OCO3)[C@@H](O)C[C@@H]1n1cnc2c(=O)[nH]c(C)nc21.